The van der Waals surface area contributed by atoms with Crippen molar-refractivity contribution in [3.05, 3.63) is 56.1 Å². The Morgan fingerprint density at radius 3 is 2.62 bits per heavy atom. The van der Waals surface area contributed by atoms with E-state index >= 15 is 0 Å². The monoisotopic (exact) mass is 361 g/mol. The van der Waals surface area contributed by atoms with Crippen LogP contribution in [-0.4, -0.2) is 39.2 Å². The normalized spacial score (nSPS) is 10.7. The number of H-pyrrole nitrogens is 1. The molecule has 0 amide bonds. The van der Waals surface area contributed by atoms with Crippen LogP contribution in [0.2, 0.25) is 0 Å². The molecular formula is C16H15N3O7. The van der Waals surface area contributed by atoms with Crippen LogP contribution >= 0.6 is 0 Å². The average Bonchev–Trinajstić information content (AvgIpc) is 2.58. The molecule has 2 aromatic rings. The molecule has 1 aromatic carbocycles. The number of esters is 1. The number of aromatic nitrogens is 2. The zero-order chi connectivity index (χ0) is 19.1. The van der Waals surface area contributed by atoms with Crippen LogP contribution < -0.4 is 10.3 Å². The highest BCUT2D eigenvalue weighted by Gasteiger charge is 2.21. The molecule has 0 fully saturated rings. The van der Waals surface area contributed by atoms with Crippen LogP contribution in [0.15, 0.2) is 29.1 Å². The first-order valence-corrected chi connectivity index (χ1v) is 7.45. The van der Waals surface area contributed by atoms with E-state index in [1.165, 1.54) is 6.08 Å². The van der Waals surface area contributed by atoms with Crippen LogP contribution in [0, 0.1) is 10.1 Å². The molecule has 0 radical (unpaired) electrons. The van der Waals surface area contributed by atoms with Crippen LogP contribution in [0.3, 0.4) is 0 Å². The van der Waals surface area contributed by atoms with Crippen molar-refractivity contribution >= 4 is 23.8 Å². The van der Waals surface area contributed by atoms with Gasteiger partial charge in [-0.1, -0.05) is 18.2 Å². The van der Waals surface area contributed by atoms with Crippen LogP contribution in [0.1, 0.15) is 18.3 Å². The number of carbonyl (C=O) groups is 1. The molecule has 136 valence electrons. The van der Waals surface area contributed by atoms with E-state index in [0.717, 1.165) is 0 Å². The lowest BCUT2D eigenvalue weighted by molar-refractivity contribution is -0.387. The summed E-state index contributed by atoms with van der Waals surface area (Å²) >= 11 is 0. The topological polar surface area (TPSA) is 145 Å². The first-order chi connectivity index (χ1) is 12.4. The summed E-state index contributed by atoms with van der Waals surface area (Å²) in [5.41, 5.74) is -1.36. The summed E-state index contributed by atoms with van der Waals surface area (Å²) < 4.78 is 9.99. The number of aromatic hydroxyl groups is 1. The van der Waals surface area contributed by atoms with Crippen molar-refractivity contribution in [3.63, 3.8) is 0 Å². The summed E-state index contributed by atoms with van der Waals surface area (Å²) in [6, 6.07) is 6.62. The second-order valence-electron chi connectivity index (χ2n) is 4.88. The lowest BCUT2D eigenvalue weighted by atomic mass is 10.2. The number of nitrogens with one attached hydrogen (secondary N) is 1. The third kappa shape index (κ3) is 4.90. The number of aromatic amines is 1. The molecule has 10 heteroatoms. The molecule has 0 aliphatic rings. The molecule has 10 nitrogen and oxygen atoms in total. The Morgan fingerprint density at radius 1 is 1.35 bits per heavy atom. The maximum absolute atomic E-state index is 11.5. The Hall–Kier alpha value is -3.69. The van der Waals surface area contributed by atoms with E-state index in [2.05, 4.69) is 9.97 Å². The van der Waals surface area contributed by atoms with Gasteiger partial charge in [-0.15, -0.1) is 0 Å². The fraction of sp³-hybridized carbons (Fsp3) is 0.188. The zero-order valence-corrected chi connectivity index (χ0v) is 13.7. The molecule has 1 aromatic heterocycles. The second-order valence-corrected chi connectivity index (χ2v) is 4.88. The smallest absolute Gasteiger partial charge is 0.395 e. The molecule has 0 saturated heterocycles. The number of nitro groups is 1. The highest BCUT2D eigenvalue weighted by Crippen LogP contribution is 2.18. The summed E-state index contributed by atoms with van der Waals surface area (Å²) in [5.74, 6) is -0.999. The molecule has 2 rings (SSSR count). The van der Waals surface area contributed by atoms with Gasteiger partial charge >= 0.3 is 17.2 Å². The molecule has 0 bridgehead atoms. The lowest BCUT2D eigenvalue weighted by Gasteiger charge is -2.05. The van der Waals surface area contributed by atoms with Crippen LogP contribution in [0.25, 0.3) is 12.2 Å². The molecule has 0 aliphatic heterocycles. The first kappa shape index (κ1) is 18.6. The highest BCUT2D eigenvalue weighted by molar-refractivity contribution is 5.71. The van der Waals surface area contributed by atoms with Gasteiger partial charge in [-0.2, -0.15) is 4.98 Å². The SMILES string of the molecule is CCOC(=O)COc1ccc(/C=C/c2nc(O)c([N+](=O)[O-])c(=O)[nH]2)cc1. The van der Waals surface area contributed by atoms with Gasteiger partial charge < -0.3 is 19.6 Å². The average molecular weight is 361 g/mol. The number of hydrogen-bond donors (Lipinski definition) is 2. The number of nitrogens with zero attached hydrogens (tertiary/aromatic N) is 2. The van der Waals surface area contributed by atoms with E-state index in [0.29, 0.717) is 11.3 Å². The van der Waals surface area contributed by atoms with Crippen molar-refractivity contribution in [1.29, 1.82) is 0 Å². The van der Waals surface area contributed by atoms with Crippen molar-refractivity contribution < 1.29 is 24.3 Å². The predicted molar refractivity (Wildman–Crippen MR) is 90.7 cm³/mol. The number of ether oxygens (including phenoxy) is 2. The van der Waals surface area contributed by atoms with Gasteiger partial charge in [-0.25, -0.2) is 4.79 Å². The minimum atomic E-state index is -1.05. The third-order valence-corrected chi connectivity index (χ3v) is 3.05. The Morgan fingerprint density at radius 2 is 2.04 bits per heavy atom. The van der Waals surface area contributed by atoms with E-state index in [1.54, 1.807) is 37.3 Å². The van der Waals surface area contributed by atoms with Crippen LogP contribution in [0.4, 0.5) is 5.69 Å². The molecule has 1 heterocycles. The third-order valence-electron chi connectivity index (χ3n) is 3.05. The van der Waals surface area contributed by atoms with Gasteiger partial charge in [-0.05, 0) is 30.7 Å². The van der Waals surface area contributed by atoms with Crippen molar-refractivity contribution in [2.45, 2.75) is 6.92 Å². The van der Waals surface area contributed by atoms with E-state index in [1.807, 2.05) is 0 Å². The molecule has 26 heavy (non-hydrogen) atoms. The Balaban J connectivity index is 2.06. The second kappa shape index (κ2) is 8.42. The minimum Gasteiger partial charge on any atom is -0.488 e. The first-order valence-electron chi connectivity index (χ1n) is 7.45. The standard InChI is InChI=1S/C16H15N3O7/c1-2-25-13(20)9-26-11-6-3-10(4-7-11)5-8-12-17-15(21)14(19(23)24)16(22)18-12/h3-8H,2,9H2,1H3,(H2,17,18,21,22)/b8-5+. The molecule has 0 saturated carbocycles. The molecule has 0 unspecified atom stereocenters. The van der Waals surface area contributed by atoms with Crippen LogP contribution in [-0.2, 0) is 9.53 Å². The largest absolute Gasteiger partial charge is 0.488 e. The van der Waals surface area contributed by atoms with Gasteiger partial charge in [0.1, 0.15) is 11.6 Å². The molecule has 0 atom stereocenters. The summed E-state index contributed by atoms with van der Waals surface area (Å²) in [7, 11) is 0. The number of carbonyl (C=O) groups excluding carboxylic acids is 1. The lowest BCUT2D eigenvalue weighted by Crippen LogP contribution is -2.14. The zero-order valence-electron chi connectivity index (χ0n) is 13.7. The summed E-state index contributed by atoms with van der Waals surface area (Å²) in [6.45, 7) is 1.78. The highest BCUT2D eigenvalue weighted by atomic mass is 16.6. The van der Waals surface area contributed by atoms with E-state index in [-0.39, 0.29) is 19.0 Å². The number of rotatable bonds is 7. The Bertz CT molecular complexity index is 888. The Kier molecular flexibility index (Phi) is 6.04. The van der Waals surface area contributed by atoms with Crippen molar-refractivity contribution in [3.8, 4) is 11.6 Å². The van der Waals surface area contributed by atoms with Gasteiger partial charge in [0.15, 0.2) is 6.61 Å². The van der Waals surface area contributed by atoms with E-state index in [4.69, 9.17) is 9.47 Å². The molecule has 2 N–H and O–H groups in total. The fourth-order valence-electron chi connectivity index (χ4n) is 1.91. The van der Waals surface area contributed by atoms with Gasteiger partial charge in [0.05, 0.1) is 11.5 Å². The quantitative estimate of drug-likeness (QED) is 0.429. The van der Waals surface area contributed by atoms with Gasteiger partial charge in [0, 0.05) is 0 Å². The maximum Gasteiger partial charge on any atom is 0.395 e. The molecule has 0 aliphatic carbocycles. The van der Waals surface area contributed by atoms with Crippen molar-refractivity contribution in [2.24, 2.45) is 0 Å². The van der Waals surface area contributed by atoms with Gasteiger partial charge in [0.25, 0.3) is 5.88 Å². The predicted octanol–water partition coefficient (Wildman–Crippen LogP) is 1.50. The van der Waals surface area contributed by atoms with Crippen LogP contribution in [0.5, 0.6) is 11.6 Å². The van der Waals surface area contributed by atoms with E-state index < -0.39 is 28.0 Å². The molecule has 0 spiro atoms. The van der Waals surface area contributed by atoms with Crippen molar-refractivity contribution in [2.75, 3.05) is 13.2 Å². The van der Waals surface area contributed by atoms with Crippen molar-refractivity contribution in [1.82, 2.24) is 9.97 Å². The summed E-state index contributed by atoms with van der Waals surface area (Å²) in [5, 5.41) is 20.1. The van der Waals surface area contributed by atoms with Gasteiger partial charge in [0.2, 0.25) is 0 Å². The number of hydrogen-bond acceptors (Lipinski definition) is 8. The minimum absolute atomic E-state index is 0.0410. The summed E-state index contributed by atoms with van der Waals surface area (Å²) in [4.78, 5) is 38.1. The summed E-state index contributed by atoms with van der Waals surface area (Å²) in [6.07, 6.45) is 2.94. The Labute approximate surface area is 146 Å². The number of benzene rings is 1. The molecular weight excluding hydrogens is 346 g/mol. The fourth-order valence-corrected chi connectivity index (χ4v) is 1.91. The van der Waals surface area contributed by atoms with E-state index in [9.17, 15) is 24.8 Å². The van der Waals surface area contributed by atoms with Gasteiger partial charge in [-0.3, -0.25) is 14.9 Å². The maximum atomic E-state index is 11.5.